The van der Waals surface area contributed by atoms with Crippen molar-refractivity contribution in [2.75, 3.05) is 6.61 Å². The van der Waals surface area contributed by atoms with Crippen LogP contribution in [0, 0.1) is 5.92 Å². The average molecular weight is 259 g/mol. The maximum atomic E-state index is 12.1. The summed E-state index contributed by atoms with van der Waals surface area (Å²) in [6, 6.07) is 9.37. The Bertz CT molecular complexity index is 519. The van der Waals surface area contributed by atoms with Crippen LogP contribution >= 0.6 is 0 Å². The van der Waals surface area contributed by atoms with Crippen molar-refractivity contribution in [3.8, 4) is 0 Å². The van der Waals surface area contributed by atoms with E-state index < -0.39 is 0 Å². The fourth-order valence-electron chi connectivity index (χ4n) is 2.23. The minimum absolute atomic E-state index is 0.0700. The van der Waals surface area contributed by atoms with Gasteiger partial charge >= 0.3 is 5.97 Å². The van der Waals surface area contributed by atoms with Crippen molar-refractivity contribution in [1.29, 1.82) is 0 Å². The van der Waals surface area contributed by atoms with Gasteiger partial charge < -0.3 is 10.1 Å². The van der Waals surface area contributed by atoms with Crippen molar-refractivity contribution >= 4 is 17.6 Å². The molecule has 1 unspecified atom stereocenters. The van der Waals surface area contributed by atoms with E-state index in [-0.39, 0.29) is 17.8 Å². The third-order valence-electron chi connectivity index (χ3n) is 3.08. The second-order valence-electron chi connectivity index (χ2n) is 4.53. The summed E-state index contributed by atoms with van der Waals surface area (Å²) < 4.78 is 5.09. The molecule has 0 bridgehead atoms. The van der Waals surface area contributed by atoms with Crippen molar-refractivity contribution < 1.29 is 14.3 Å². The molecular weight excluding hydrogens is 242 g/mol. The molecule has 0 radical (unpaired) electrons. The highest BCUT2D eigenvalue weighted by molar-refractivity contribution is 6.04. The van der Waals surface area contributed by atoms with Crippen LogP contribution in [0.3, 0.4) is 0 Å². The standard InChI is InChI=1S/C15H17NO3/c1-3-19-15(18)13-10(2)9-12(17)16-14(13)11-7-5-4-6-8-11/h4-8,10H,3,9H2,1-2H3,(H,16,17). The molecule has 1 aliphatic heterocycles. The lowest BCUT2D eigenvalue weighted by molar-refractivity contribution is -0.139. The molecule has 0 aromatic heterocycles. The summed E-state index contributed by atoms with van der Waals surface area (Å²) >= 11 is 0. The van der Waals surface area contributed by atoms with E-state index in [1.54, 1.807) is 6.92 Å². The zero-order valence-corrected chi connectivity index (χ0v) is 11.1. The van der Waals surface area contributed by atoms with Crippen molar-refractivity contribution in [3.63, 3.8) is 0 Å². The van der Waals surface area contributed by atoms with Crippen molar-refractivity contribution in [2.45, 2.75) is 20.3 Å². The lowest BCUT2D eigenvalue weighted by Crippen LogP contribution is -2.34. The SMILES string of the molecule is CCOC(=O)C1=C(c2ccccc2)NC(=O)CC1C. The first-order valence-electron chi connectivity index (χ1n) is 6.40. The van der Waals surface area contributed by atoms with Gasteiger partial charge in [0, 0.05) is 6.42 Å². The molecule has 0 spiro atoms. The van der Waals surface area contributed by atoms with Gasteiger partial charge in [-0.25, -0.2) is 4.79 Å². The number of ether oxygens (including phenoxy) is 1. The maximum Gasteiger partial charge on any atom is 0.336 e. The third kappa shape index (κ3) is 2.84. The molecule has 4 nitrogen and oxygen atoms in total. The molecule has 1 aromatic rings. The fraction of sp³-hybridized carbons (Fsp3) is 0.333. The van der Waals surface area contributed by atoms with Crippen LogP contribution in [0.25, 0.3) is 5.70 Å². The predicted molar refractivity (Wildman–Crippen MR) is 71.9 cm³/mol. The second-order valence-corrected chi connectivity index (χ2v) is 4.53. The van der Waals surface area contributed by atoms with Crippen LogP contribution in [-0.2, 0) is 14.3 Å². The average Bonchev–Trinajstić information content (AvgIpc) is 2.39. The second kappa shape index (κ2) is 5.69. The first-order chi connectivity index (χ1) is 9.13. The largest absolute Gasteiger partial charge is 0.463 e. The van der Waals surface area contributed by atoms with Gasteiger partial charge in [-0.2, -0.15) is 0 Å². The van der Waals surface area contributed by atoms with Crippen LogP contribution in [0.2, 0.25) is 0 Å². The van der Waals surface area contributed by atoms with Crippen molar-refractivity contribution in [3.05, 3.63) is 41.5 Å². The molecule has 0 fully saturated rings. The molecule has 1 N–H and O–H groups in total. The highest BCUT2D eigenvalue weighted by Crippen LogP contribution is 2.29. The summed E-state index contributed by atoms with van der Waals surface area (Å²) in [7, 11) is 0. The highest BCUT2D eigenvalue weighted by atomic mass is 16.5. The maximum absolute atomic E-state index is 12.1. The van der Waals surface area contributed by atoms with Crippen molar-refractivity contribution in [2.24, 2.45) is 5.92 Å². The Morgan fingerprint density at radius 1 is 1.37 bits per heavy atom. The Balaban J connectivity index is 2.49. The van der Waals surface area contributed by atoms with E-state index in [0.717, 1.165) is 5.56 Å². The molecule has 19 heavy (non-hydrogen) atoms. The van der Waals surface area contributed by atoms with Crippen LogP contribution in [0.4, 0.5) is 0 Å². The number of amides is 1. The Labute approximate surface area is 112 Å². The van der Waals surface area contributed by atoms with Gasteiger partial charge in [-0.05, 0) is 18.4 Å². The van der Waals surface area contributed by atoms with Gasteiger partial charge in [0.2, 0.25) is 5.91 Å². The number of carbonyl (C=O) groups excluding carboxylic acids is 2. The Morgan fingerprint density at radius 3 is 2.68 bits per heavy atom. The summed E-state index contributed by atoms with van der Waals surface area (Å²) in [5.41, 5.74) is 1.95. The first kappa shape index (κ1) is 13.3. The first-order valence-corrected chi connectivity index (χ1v) is 6.40. The highest BCUT2D eigenvalue weighted by Gasteiger charge is 2.30. The Hall–Kier alpha value is -2.10. The molecule has 0 saturated heterocycles. The number of esters is 1. The molecular formula is C15H17NO3. The van der Waals surface area contributed by atoms with Crippen molar-refractivity contribution in [1.82, 2.24) is 5.32 Å². The van der Waals surface area contributed by atoms with Gasteiger partial charge in [-0.1, -0.05) is 37.3 Å². The van der Waals surface area contributed by atoms with Crippen LogP contribution in [0.5, 0.6) is 0 Å². The van der Waals surface area contributed by atoms with Gasteiger partial charge in [0.05, 0.1) is 17.9 Å². The molecule has 1 aromatic carbocycles. The third-order valence-corrected chi connectivity index (χ3v) is 3.08. The van der Waals surface area contributed by atoms with Gasteiger partial charge in [0.25, 0.3) is 0 Å². The zero-order valence-electron chi connectivity index (χ0n) is 11.1. The van der Waals surface area contributed by atoms with Crippen LogP contribution in [0.1, 0.15) is 25.8 Å². The van der Waals surface area contributed by atoms with E-state index in [1.807, 2.05) is 37.3 Å². The van der Waals surface area contributed by atoms with Gasteiger partial charge in [-0.15, -0.1) is 0 Å². The molecule has 100 valence electrons. The van der Waals surface area contributed by atoms with Crippen LogP contribution in [0.15, 0.2) is 35.9 Å². The van der Waals surface area contributed by atoms with E-state index in [1.165, 1.54) is 0 Å². The number of benzene rings is 1. The van der Waals surface area contributed by atoms with Crippen LogP contribution < -0.4 is 5.32 Å². The van der Waals surface area contributed by atoms with E-state index in [9.17, 15) is 9.59 Å². The number of nitrogens with one attached hydrogen (secondary N) is 1. The summed E-state index contributed by atoms with van der Waals surface area (Å²) in [6.45, 7) is 3.96. The van der Waals surface area contributed by atoms with E-state index in [4.69, 9.17) is 4.74 Å². The zero-order chi connectivity index (χ0) is 13.8. The van der Waals surface area contributed by atoms with E-state index in [2.05, 4.69) is 5.32 Å². The molecule has 4 heteroatoms. The molecule has 1 atom stereocenters. The van der Waals surface area contributed by atoms with Gasteiger partial charge in [0.15, 0.2) is 0 Å². The molecule has 0 aliphatic carbocycles. The number of hydrogen-bond donors (Lipinski definition) is 1. The quantitative estimate of drug-likeness (QED) is 0.846. The molecule has 1 heterocycles. The van der Waals surface area contributed by atoms with Crippen LogP contribution in [-0.4, -0.2) is 18.5 Å². The molecule has 0 saturated carbocycles. The number of hydrogen-bond acceptors (Lipinski definition) is 3. The number of carbonyl (C=O) groups is 2. The Kier molecular flexibility index (Phi) is 4.00. The van der Waals surface area contributed by atoms with Gasteiger partial charge in [0.1, 0.15) is 0 Å². The lowest BCUT2D eigenvalue weighted by atomic mass is 9.89. The monoisotopic (exact) mass is 259 g/mol. The van der Waals surface area contributed by atoms with E-state index >= 15 is 0 Å². The minimum atomic E-state index is -0.353. The van der Waals surface area contributed by atoms with Gasteiger partial charge in [-0.3, -0.25) is 4.79 Å². The topological polar surface area (TPSA) is 55.4 Å². The molecule has 1 aliphatic rings. The summed E-state index contributed by atoms with van der Waals surface area (Å²) in [4.78, 5) is 23.8. The number of rotatable bonds is 3. The Morgan fingerprint density at radius 2 is 2.05 bits per heavy atom. The lowest BCUT2D eigenvalue weighted by Gasteiger charge is -2.25. The summed E-state index contributed by atoms with van der Waals surface area (Å²) in [6.07, 6.45) is 0.310. The van der Waals surface area contributed by atoms with E-state index in [0.29, 0.717) is 24.3 Å². The minimum Gasteiger partial charge on any atom is -0.463 e. The molecule has 2 rings (SSSR count). The normalized spacial score (nSPS) is 19.1. The fourth-order valence-corrected chi connectivity index (χ4v) is 2.23. The molecule has 1 amide bonds. The summed E-state index contributed by atoms with van der Waals surface area (Å²) in [5, 5.41) is 2.79. The summed E-state index contributed by atoms with van der Waals surface area (Å²) in [5.74, 6) is -0.559. The smallest absolute Gasteiger partial charge is 0.336 e. The predicted octanol–water partition coefficient (Wildman–Crippen LogP) is 2.12.